The van der Waals surface area contributed by atoms with Gasteiger partial charge in [-0.1, -0.05) is 29.8 Å². The average Bonchev–Trinajstić information content (AvgIpc) is 3.01. The number of thiophene rings is 1. The fourth-order valence-corrected chi connectivity index (χ4v) is 4.44. The lowest BCUT2D eigenvalue weighted by Crippen LogP contribution is -2.35. The summed E-state index contributed by atoms with van der Waals surface area (Å²) in [4.78, 5) is 13.5. The van der Waals surface area contributed by atoms with E-state index in [2.05, 4.69) is 0 Å². The second-order valence-corrected chi connectivity index (χ2v) is 7.97. The zero-order valence-corrected chi connectivity index (χ0v) is 13.6. The van der Waals surface area contributed by atoms with Crippen molar-refractivity contribution in [3.63, 3.8) is 0 Å². The predicted octanol–water partition coefficient (Wildman–Crippen LogP) is 3.28. The van der Waals surface area contributed by atoms with Gasteiger partial charge in [0.15, 0.2) is 0 Å². The summed E-state index contributed by atoms with van der Waals surface area (Å²) in [5.41, 5.74) is 0.970. The van der Waals surface area contributed by atoms with E-state index in [-0.39, 0.29) is 17.2 Å². The molecule has 1 aromatic heterocycles. The van der Waals surface area contributed by atoms with Crippen molar-refractivity contribution in [3.05, 3.63) is 64.5 Å². The minimum absolute atomic E-state index is 0.0445. The SMILES string of the molecule is Cc1ccc(S(=O)(=O)N2C=CC(c3cccs3)CC2=O)cc1. The maximum atomic E-state index is 12.6. The number of nitrogens with zero attached hydrogens (tertiary/aromatic N) is 1. The molecule has 2 heterocycles. The molecule has 0 saturated heterocycles. The summed E-state index contributed by atoms with van der Waals surface area (Å²) in [6, 6.07) is 10.4. The Bertz CT molecular complexity index is 806. The molecule has 0 bridgehead atoms. The molecule has 1 aliphatic rings. The van der Waals surface area contributed by atoms with Crippen molar-refractivity contribution in [1.82, 2.24) is 4.31 Å². The molecule has 0 fully saturated rings. The van der Waals surface area contributed by atoms with Crippen molar-refractivity contribution in [2.45, 2.75) is 24.2 Å². The number of allylic oxidation sites excluding steroid dienone is 1. The van der Waals surface area contributed by atoms with Gasteiger partial charge in [-0.05, 0) is 30.5 Å². The van der Waals surface area contributed by atoms with Gasteiger partial charge in [-0.3, -0.25) is 4.79 Å². The van der Waals surface area contributed by atoms with Gasteiger partial charge in [0.1, 0.15) is 0 Å². The fraction of sp³-hybridized carbons (Fsp3) is 0.188. The van der Waals surface area contributed by atoms with Gasteiger partial charge in [0.05, 0.1) is 4.90 Å². The Kier molecular flexibility index (Phi) is 3.88. The van der Waals surface area contributed by atoms with Gasteiger partial charge in [-0.25, -0.2) is 12.7 Å². The summed E-state index contributed by atoms with van der Waals surface area (Å²) < 4.78 is 26.0. The van der Waals surface area contributed by atoms with E-state index >= 15 is 0 Å². The van der Waals surface area contributed by atoms with Crippen molar-refractivity contribution >= 4 is 27.3 Å². The van der Waals surface area contributed by atoms with Crippen molar-refractivity contribution in [2.24, 2.45) is 0 Å². The number of hydrogen-bond donors (Lipinski definition) is 0. The molecule has 114 valence electrons. The Balaban J connectivity index is 1.90. The van der Waals surface area contributed by atoms with Crippen LogP contribution < -0.4 is 0 Å². The Hall–Kier alpha value is -1.92. The van der Waals surface area contributed by atoms with Crippen LogP contribution in [0.1, 0.15) is 22.8 Å². The summed E-state index contributed by atoms with van der Waals surface area (Å²) in [6.07, 6.45) is 3.33. The number of hydrogen-bond acceptors (Lipinski definition) is 4. The van der Waals surface area contributed by atoms with Crippen molar-refractivity contribution in [3.8, 4) is 0 Å². The monoisotopic (exact) mass is 333 g/mol. The Morgan fingerprint density at radius 2 is 1.91 bits per heavy atom. The summed E-state index contributed by atoms with van der Waals surface area (Å²) in [6.45, 7) is 1.88. The molecule has 1 aromatic carbocycles. The van der Waals surface area contributed by atoms with Gasteiger partial charge < -0.3 is 0 Å². The average molecular weight is 333 g/mol. The first kappa shape index (κ1) is 15.0. The van der Waals surface area contributed by atoms with Gasteiger partial charge in [-0.15, -0.1) is 11.3 Å². The largest absolute Gasteiger partial charge is 0.273 e. The summed E-state index contributed by atoms with van der Waals surface area (Å²) in [7, 11) is -3.82. The third-order valence-electron chi connectivity index (χ3n) is 3.58. The van der Waals surface area contributed by atoms with Crippen LogP contribution in [-0.2, 0) is 14.8 Å². The normalized spacial score (nSPS) is 18.7. The molecule has 0 aliphatic carbocycles. The van der Waals surface area contributed by atoms with Gasteiger partial charge in [0.25, 0.3) is 10.0 Å². The van der Waals surface area contributed by atoms with E-state index in [0.717, 1.165) is 14.7 Å². The quantitative estimate of drug-likeness (QED) is 0.866. The van der Waals surface area contributed by atoms with Crippen LogP contribution in [0.3, 0.4) is 0 Å². The van der Waals surface area contributed by atoms with Crippen LogP contribution >= 0.6 is 11.3 Å². The van der Waals surface area contributed by atoms with Crippen LogP contribution in [0.4, 0.5) is 0 Å². The zero-order chi connectivity index (χ0) is 15.7. The summed E-state index contributed by atoms with van der Waals surface area (Å²) >= 11 is 1.57. The molecule has 0 radical (unpaired) electrons. The van der Waals surface area contributed by atoms with Crippen LogP contribution in [0.25, 0.3) is 0 Å². The van der Waals surface area contributed by atoms with Crippen LogP contribution in [0.2, 0.25) is 0 Å². The highest BCUT2D eigenvalue weighted by Gasteiger charge is 2.32. The summed E-state index contributed by atoms with van der Waals surface area (Å²) in [5.74, 6) is -0.446. The van der Waals surface area contributed by atoms with Crippen LogP contribution in [-0.4, -0.2) is 18.6 Å². The molecule has 22 heavy (non-hydrogen) atoms. The van der Waals surface area contributed by atoms with E-state index in [1.807, 2.05) is 24.4 Å². The van der Waals surface area contributed by atoms with Crippen molar-refractivity contribution in [2.75, 3.05) is 0 Å². The third-order valence-corrected chi connectivity index (χ3v) is 6.30. The minimum Gasteiger partial charge on any atom is -0.273 e. The van der Waals surface area contributed by atoms with Crippen LogP contribution in [0.5, 0.6) is 0 Å². The lowest BCUT2D eigenvalue weighted by Gasteiger charge is -2.25. The van der Waals surface area contributed by atoms with Crippen molar-refractivity contribution in [1.29, 1.82) is 0 Å². The van der Waals surface area contributed by atoms with Gasteiger partial charge >= 0.3 is 0 Å². The molecule has 2 aromatic rings. The fourth-order valence-electron chi connectivity index (χ4n) is 2.35. The van der Waals surface area contributed by atoms with E-state index in [1.54, 1.807) is 29.5 Å². The first-order chi connectivity index (χ1) is 10.5. The Labute approximate surface area is 133 Å². The van der Waals surface area contributed by atoms with E-state index < -0.39 is 15.9 Å². The molecular weight excluding hydrogens is 318 g/mol. The Morgan fingerprint density at radius 3 is 2.50 bits per heavy atom. The molecule has 4 nitrogen and oxygen atoms in total. The topological polar surface area (TPSA) is 54.5 Å². The molecule has 1 aliphatic heterocycles. The van der Waals surface area contributed by atoms with E-state index in [0.29, 0.717) is 0 Å². The van der Waals surface area contributed by atoms with Crippen LogP contribution in [0, 0.1) is 6.92 Å². The molecule has 1 unspecified atom stereocenters. The number of aryl methyl sites for hydroxylation is 1. The number of carbonyl (C=O) groups excluding carboxylic acids is 1. The Morgan fingerprint density at radius 1 is 1.18 bits per heavy atom. The highest BCUT2D eigenvalue weighted by atomic mass is 32.2. The van der Waals surface area contributed by atoms with Gasteiger partial charge in [0, 0.05) is 23.4 Å². The predicted molar refractivity (Wildman–Crippen MR) is 86.0 cm³/mol. The molecular formula is C16H15NO3S2. The molecule has 0 saturated carbocycles. The zero-order valence-electron chi connectivity index (χ0n) is 12.0. The lowest BCUT2D eigenvalue weighted by atomic mass is 10.0. The van der Waals surface area contributed by atoms with Crippen molar-refractivity contribution < 1.29 is 13.2 Å². The third kappa shape index (κ3) is 2.71. The number of rotatable bonds is 3. The lowest BCUT2D eigenvalue weighted by molar-refractivity contribution is -0.125. The van der Waals surface area contributed by atoms with E-state index in [1.165, 1.54) is 18.3 Å². The molecule has 3 rings (SSSR count). The first-order valence-corrected chi connectivity index (χ1v) is 9.16. The number of carbonyl (C=O) groups is 1. The molecule has 0 spiro atoms. The van der Waals surface area contributed by atoms with E-state index in [4.69, 9.17) is 0 Å². The number of amides is 1. The number of sulfonamides is 1. The second-order valence-electron chi connectivity index (χ2n) is 5.18. The maximum absolute atomic E-state index is 12.6. The standard InChI is InChI=1S/C16H15NO3S2/c1-12-4-6-14(7-5-12)22(19,20)17-9-8-13(11-16(17)18)15-3-2-10-21-15/h2-10,13H,11H2,1H3. The minimum atomic E-state index is -3.82. The smallest absolute Gasteiger partial charge is 0.270 e. The maximum Gasteiger partial charge on any atom is 0.270 e. The van der Waals surface area contributed by atoms with Gasteiger partial charge in [0.2, 0.25) is 5.91 Å². The first-order valence-electron chi connectivity index (χ1n) is 6.84. The molecule has 0 N–H and O–H groups in total. The molecule has 1 atom stereocenters. The highest BCUT2D eigenvalue weighted by molar-refractivity contribution is 7.89. The van der Waals surface area contributed by atoms with Gasteiger partial charge in [-0.2, -0.15) is 0 Å². The van der Waals surface area contributed by atoms with Crippen LogP contribution in [0.15, 0.2) is 58.9 Å². The molecule has 6 heteroatoms. The molecule has 1 amide bonds. The van der Waals surface area contributed by atoms with E-state index in [9.17, 15) is 13.2 Å². The second kappa shape index (κ2) is 5.70. The summed E-state index contributed by atoms with van der Waals surface area (Å²) in [5, 5.41) is 1.95. The highest BCUT2D eigenvalue weighted by Crippen LogP contribution is 2.31. The number of benzene rings is 1.